The Bertz CT molecular complexity index is 176. The molecule has 0 atom stereocenters. The molecule has 0 aromatic heterocycles. The molecule has 0 unspecified atom stereocenters. The maximum Gasteiger partial charge on any atom is 0.147 e. The first kappa shape index (κ1) is 14.5. The van der Waals surface area contributed by atoms with Crippen molar-refractivity contribution in [2.75, 3.05) is 12.0 Å². The average molecular weight is 194 g/mol. The van der Waals surface area contributed by atoms with Gasteiger partial charge in [0.15, 0.2) is 0 Å². The summed E-state index contributed by atoms with van der Waals surface area (Å²) >= 11 is 0. The highest BCUT2D eigenvalue weighted by molar-refractivity contribution is 7.90. The minimum Gasteiger partial charge on any atom is -0.229 e. The number of hydrogen-bond acceptors (Lipinski definition) is 2. The number of hydrogen-bond donors (Lipinski definition) is 0. The average Bonchev–Trinajstić information content (AvgIpc) is 1.52. The highest BCUT2D eigenvalue weighted by atomic mass is 32.2. The highest BCUT2D eigenvalue weighted by Gasteiger charge is 2.03. The third kappa shape index (κ3) is 32.5. The predicted octanol–water partition coefficient (Wildman–Crippen LogP) is 2.35. The Morgan fingerprint density at radius 2 is 1.25 bits per heavy atom. The third-order valence-corrected chi connectivity index (χ3v) is 1.91. The van der Waals surface area contributed by atoms with E-state index in [0.717, 1.165) is 5.92 Å². The molecule has 0 saturated carbocycles. The zero-order valence-electron chi connectivity index (χ0n) is 9.09. The quantitative estimate of drug-likeness (QED) is 0.676. The zero-order valence-corrected chi connectivity index (χ0v) is 9.90. The molecule has 76 valence electrons. The lowest BCUT2D eigenvalue weighted by Gasteiger charge is -1.98. The van der Waals surface area contributed by atoms with Crippen LogP contribution >= 0.6 is 0 Å². The van der Waals surface area contributed by atoms with Crippen LogP contribution in [0, 0.1) is 11.8 Å². The lowest BCUT2D eigenvalue weighted by Crippen LogP contribution is -2.08. The van der Waals surface area contributed by atoms with E-state index in [4.69, 9.17) is 0 Å². The Morgan fingerprint density at radius 1 is 1.00 bits per heavy atom. The lowest BCUT2D eigenvalue weighted by atomic mass is 10.3. The van der Waals surface area contributed by atoms with Gasteiger partial charge in [-0.1, -0.05) is 34.6 Å². The molecule has 0 amide bonds. The van der Waals surface area contributed by atoms with E-state index in [9.17, 15) is 8.42 Å². The maximum atomic E-state index is 10.4. The summed E-state index contributed by atoms with van der Waals surface area (Å²) in [5.74, 6) is 1.39. The summed E-state index contributed by atoms with van der Waals surface area (Å²) in [5, 5.41) is 0. The number of rotatable bonds is 2. The molecular weight excluding hydrogens is 172 g/mol. The molecular formula is C9H22O2S. The topological polar surface area (TPSA) is 34.1 Å². The van der Waals surface area contributed by atoms with Crippen molar-refractivity contribution in [3.8, 4) is 0 Å². The largest absolute Gasteiger partial charge is 0.229 e. The van der Waals surface area contributed by atoms with Crippen molar-refractivity contribution >= 4 is 9.84 Å². The van der Waals surface area contributed by atoms with Gasteiger partial charge >= 0.3 is 0 Å². The van der Waals surface area contributed by atoms with E-state index in [0.29, 0.717) is 5.75 Å². The van der Waals surface area contributed by atoms with Crippen LogP contribution in [0.15, 0.2) is 0 Å². The molecule has 0 aromatic rings. The molecule has 0 aliphatic heterocycles. The van der Waals surface area contributed by atoms with Gasteiger partial charge in [-0.15, -0.1) is 0 Å². The zero-order chi connectivity index (χ0) is 10.4. The van der Waals surface area contributed by atoms with Crippen molar-refractivity contribution in [1.29, 1.82) is 0 Å². The van der Waals surface area contributed by atoms with Crippen molar-refractivity contribution in [3.05, 3.63) is 0 Å². The van der Waals surface area contributed by atoms with E-state index in [1.165, 1.54) is 6.26 Å². The van der Waals surface area contributed by atoms with Crippen LogP contribution in [-0.2, 0) is 9.84 Å². The molecule has 0 aliphatic carbocycles. The molecule has 3 heteroatoms. The Morgan fingerprint density at radius 3 is 1.25 bits per heavy atom. The molecule has 0 fully saturated rings. The van der Waals surface area contributed by atoms with Crippen LogP contribution in [0.25, 0.3) is 0 Å². The molecule has 0 aliphatic rings. The van der Waals surface area contributed by atoms with Gasteiger partial charge in [0.2, 0.25) is 0 Å². The first-order chi connectivity index (χ1) is 5.15. The SMILES string of the molecule is CC(C)C.CC(C)CS(C)(=O)=O. The van der Waals surface area contributed by atoms with Gasteiger partial charge in [0.1, 0.15) is 9.84 Å². The highest BCUT2D eigenvalue weighted by Crippen LogP contribution is 1.95. The molecule has 0 heterocycles. The second-order valence-corrected chi connectivity index (χ2v) is 6.40. The Hall–Kier alpha value is -0.0500. The van der Waals surface area contributed by atoms with Crippen molar-refractivity contribution in [1.82, 2.24) is 0 Å². The summed E-state index contributed by atoms with van der Waals surface area (Å²) in [6.45, 7) is 10.3. The fourth-order valence-electron chi connectivity index (χ4n) is 0.605. The standard InChI is InChI=1S/C5H12O2S.C4H10/c1-5(2)4-8(3,6)7;1-4(2)3/h5H,4H2,1-3H3;4H,1-3H3. The molecule has 0 rings (SSSR count). The van der Waals surface area contributed by atoms with Crippen molar-refractivity contribution in [2.45, 2.75) is 34.6 Å². The Kier molecular flexibility index (Phi) is 7.80. The van der Waals surface area contributed by atoms with Crippen molar-refractivity contribution in [3.63, 3.8) is 0 Å². The van der Waals surface area contributed by atoms with Crippen LogP contribution < -0.4 is 0 Å². The molecule has 0 spiro atoms. The van der Waals surface area contributed by atoms with Gasteiger partial charge in [0, 0.05) is 6.26 Å². The van der Waals surface area contributed by atoms with E-state index in [1.807, 2.05) is 13.8 Å². The van der Waals surface area contributed by atoms with E-state index in [1.54, 1.807) is 0 Å². The lowest BCUT2D eigenvalue weighted by molar-refractivity contribution is 0.588. The number of sulfone groups is 1. The van der Waals surface area contributed by atoms with Crippen LogP contribution in [0.4, 0.5) is 0 Å². The van der Waals surface area contributed by atoms with Crippen LogP contribution in [0.1, 0.15) is 34.6 Å². The molecule has 0 radical (unpaired) electrons. The van der Waals surface area contributed by atoms with E-state index >= 15 is 0 Å². The predicted molar refractivity (Wildman–Crippen MR) is 55.1 cm³/mol. The van der Waals surface area contributed by atoms with Crippen molar-refractivity contribution < 1.29 is 8.42 Å². The summed E-state index contributed by atoms with van der Waals surface area (Å²) in [4.78, 5) is 0. The molecule has 0 bridgehead atoms. The first-order valence-electron chi connectivity index (χ1n) is 4.33. The third-order valence-electron chi connectivity index (χ3n) is 0.636. The normalized spacial score (nSPS) is 11.3. The van der Waals surface area contributed by atoms with Gasteiger partial charge < -0.3 is 0 Å². The summed E-state index contributed by atoms with van der Waals surface area (Å²) in [5.41, 5.74) is 0. The Balaban J connectivity index is 0. The molecule has 12 heavy (non-hydrogen) atoms. The first-order valence-corrected chi connectivity index (χ1v) is 6.39. The van der Waals surface area contributed by atoms with Gasteiger partial charge in [0.25, 0.3) is 0 Å². The summed E-state index contributed by atoms with van der Waals surface area (Å²) in [6.07, 6.45) is 1.26. The second-order valence-electron chi connectivity index (χ2n) is 4.22. The maximum absolute atomic E-state index is 10.4. The molecule has 0 N–H and O–H groups in total. The second kappa shape index (κ2) is 6.46. The van der Waals surface area contributed by atoms with Crippen LogP contribution in [0.3, 0.4) is 0 Å². The summed E-state index contributed by atoms with van der Waals surface area (Å²) < 4.78 is 20.9. The van der Waals surface area contributed by atoms with E-state index in [-0.39, 0.29) is 5.92 Å². The Labute approximate surface area is 77.3 Å². The summed E-state index contributed by atoms with van der Waals surface area (Å²) in [7, 11) is -2.72. The molecule has 0 saturated heterocycles. The van der Waals surface area contributed by atoms with E-state index < -0.39 is 9.84 Å². The van der Waals surface area contributed by atoms with Gasteiger partial charge in [-0.2, -0.15) is 0 Å². The molecule has 2 nitrogen and oxygen atoms in total. The van der Waals surface area contributed by atoms with E-state index in [2.05, 4.69) is 20.8 Å². The van der Waals surface area contributed by atoms with Gasteiger partial charge in [-0.3, -0.25) is 0 Å². The van der Waals surface area contributed by atoms with Gasteiger partial charge in [0.05, 0.1) is 5.75 Å². The van der Waals surface area contributed by atoms with Crippen LogP contribution in [0.5, 0.6) is 0 Å². The molecule has 0 aromatic carbocycles. The monoisotopic (exact) mass is 194 g/mol. The van der Waals surface area contributed by atoms with Crippen LogP contribution in [-0.4, -0.2) is 20.4 Å². The smallest absolute Gasteiger partial charge is 0.147 e. The summed E-state index contributed by atoms with van der Waals surface area (Å²) in [6, 6.07) is 0. The minimum absolute atomic E-state index is 0.255. The minimum atomic E-state index is -2.72. The fraction of sp³-hybridized carbons (Fsp3) is 1.00. The van der Waals surface area contributed by atoms with Gasteiger partial charge in [-0.25, -0.2) is 8.42 Å². The van der Waals surface area contributed by atoms with Crippen LogP contribution in [0.2, 0.25) is 0 Å². The van der Waals surface area contributed by atoms with Crippen molar-refractivity contribution in [2.24, 2.45) is 11.8 Å². The fourth-order valence-corrected chi connectivity index (χ4v) is 1.82. The van der Waals surface area contributed by atoms with Gasteiger partial charge in [-0.05, 0) is 11.8 Å².